The number of furan rings is 1. The number of fused-ring (bicyclic) bond motifs is 1. The number of rotatable bonds is 4. The SMILES string of the molecule is CCSc1ccccc1C(=O)NNC(=O)c1oc2ccccc2c1C. The lowest BCUT2D eigenvalue weighted by molar-refractivity contribution is 0.0830. The van der Waals surface area contributed by atoms with Crippen molar-refractivity contribution in [2.24, 2.45) is 0 Å². The lowest BCUT2D eigenvalue weighted by atomic mass is 10.1. The molecule has 0 saturated heterocycles. The highest BCUT2D eigenvalue weighted by molar-refractivity contribution is 7.99. The van der Waals surface area contributed by atoms with Gasteiger partial charge in [-0.3, -0.25) is 20.4 Å². The van der Waals surface area contributed by atoms with Crippen LogP contribution in [-0.2, 0) is 0 Å². The van der Waals surface area contributed by atoms with Crippen LogP contribution in [0.2, 0.25) is 0 Å². The van der Waals surface area contributed by atoms with E-state index < -0.39 is 5.91 Å². The summed E-state index contributed by atoms with van der Waals surface area (Å²) in [4.78, 5) is 25.6. The molecule has 0 saturated carbocycles. The Morgan fingerprint density at radius 1 is 1.00 bits per heavy atom. The third-order valence-corrected chi connectivity index (χ3v) is 4.73. The minimum absolute atomic E-state index is 0.192. The molecule has 2 N–H and O–H groups in total. The first-order valence-corrected chi connectivity index (χ1v) is 8.91. The quantitative estimate of drug-likeness (QED) is 0.550. The average molecular weight is 354 g/mol. The molecule has 2 aromatic carbocycles. The number of aryl methyl sites for hydroxylation is 1. The van der Waals surface area contributed by atoms with Crippen molar-refractivity contribution in [3.8, 4) is 0 Å². The Kier molecular flexibility index (Phi) is 5.09. The molecule has 2 amide bonds. The summed E-state index contributed by atoms with van der Waals surface area (Å²) in [6.45, 7) is 3.83. The summed E-state index contributed by atoms with van der Waals surface area (Å²) >= 11 is 1.57. The first kappa shape index (κ1) is 17.1. The second kappa shape index (κ2) is 7.44. The fourth-order valence-electron chi connectivity index (χ4n) is 2.56. The highest BCUT2D eigenvalue weighted by Crippen LogP contribution is 2.25. The lowest BCUT2D eigenvalue weighted by Gasteiger charge is -2.09. The molecular weight excluding hydrogens is 336 g/mol. The van der Waals surface area contributed by atoms with Crippen LogP contribution in [0.3, 0.4) is 0 Å². The summed E-state index contributed by atoms with van der Waals surface area (Å²) in [5.74, 6) is 0.202. The molecule has 3 aromatic rings. The molecule has 25 heavy (non-hydrogen) atoms. The third-order valence-electron chi connectivity index (χ3n) is 3.77. The number of carbonyl (C=O) groups is 2. The first-order valence-electron chi connectivity index (χ1n) is 7.92. The molecule has 5 nitrogen and oxygen atoms in total. The Labute approximate surface area is 149 Å². The molecule has 0 aliphatic rings. The topological polar surface area (TPSA) is 71.3 Å². The van der Waals surface area contributed by atoms with E-state index >= 15 is 0 Å². The first-order chi connectivity index (χ1) is 12.1. The van der Waals surface area contributed by atoms with Crippen molar-refractivity contribution in [1.82, 2.24) is 10.9 Å². The van der Waals surface area contributed by atoms with Gasteiger partial charge in [0.05, 0.1) is 5.56 Å². The second-order valence-electron chi connectivity index (χ2n) is 5.39. The van der Waals surface area contributed by atoms with Crippen molar-refractivity contribution >= 4 is 34.5 Å². The van der Waals surface area contributed by atoms with Crippen LogP contribution in [0.5, 0.6) is 0 Å². The van der Waals surface area contributed by atoms with Crippen LogP contribution in [0.25, 0.3) is 11.0 Å². The van der Waals surface area contributed by atoms with Crippen LogP contribution in [0.15, 0.2) is 57.8 Å². The van der Waals surface area contributed by atoms with Crippen LogP contribution in [0, 0.1) is 6.92 Å². The monoisotopic (exact) mass is 354 g/mol. The lowest BCUT2D eigenvalue weighted by Crippen LogP contribution is -2.41. The van der Waals surface area contributed by atoms with Crippen molar-refractivity contribution in [2.75, 3.05) is 5.75 Å². The number of para-hydroxylation sites is 1. The van der Waals surface area contributed by atoms with E-state index in [2.05, 4.69) is 10.9 Å². The van der Waals surface area contributed by atoms with E-state index in [1.54, 1.807) is 30.0 Å². The van der Waals surface area contributed by atoms with Crippen LogP contribution in [0.4, 0.5) is 0 Å². The molecule has 0 radical (unpaired) electrons. The van der Waals surface area contributed by atoms with E-state index in [-0.39, 0.29) is 11.7 Å². The number of thioether (sulfide) groups is 1. The van der Waals surface area contributed by atoms with Crippen LogP contribution in [-0.4, -0.2) is 17.6 Å². The summed E-state index contributed by atoms with van der Waals surface area (Å²) in [5, 5.41) is 0.878. The van der Waals surface area contributed by atoms with Gasteiger partial charge in [0, 0.05) is 15.8 Å². The third kappa shape index (κ3) is 3.53. The Balaban J connectivity index is 1.73. The summed E-state index contributed by atoms with van der Waals surface area (Å²) < 4.78 is 5.59. The summed E-state index contributed by atoms with van der Waals surface area (Å²) in [5.41, 5.74) is 6.79. The van der Waals surface area contributed by atoms with Gasteiger partial charge in [-0.25, -0.2) is 0 Å². The second-order valence-corrected chi connectivity index (χ2v) is 6.70. The van der Waals surface area contributed by atoms with Gasteiger partial charge in [0.15, 0.2) is 5.76 Å². The smallest absolute Gasteiger partial charge is 0.305 e. The number of benzene rings is 2. The van der Waals surface area contributed by atoms with Crippen LogP contribution >= 0.6 is 11.8 Å². The van der Waals surface area contributed by atoms with Crippen molar-refractivity contribution in [3.63, 3.8) is 0 Å². The van der Waals surface area contributed by atoms with Crippen LogP contribution < -0.4 is 10.9 Å². The average Bonchev–Trinajstić information content (AvgIpc) is 2.97. The maximum absolute atomic E-state index is 12.4. The van der Waals surface area contributed by atoms with Crippen molar-refractivity contribution in [3.05, 3.63) is 65.4 Å². The molecule has 0 spiro atoms. The maximum atomic E-state index is 12.4. The molecule has 1 heterocycles. The standard InChI is InChI=1S/C19H18N2O3S/c1-3-25-16-11-7-5-9-14(16)18(22)20-21-19(23)17-12(2)13-8-4-6-10-15(13)24-17/h4-11H,3H2,1-2H3,(H,20,22)(H,21,23). The highest BCUT2D eigenvalue weighted by atomic mass is 32.2. The normalized spacial score (nSPS) is 10.6. The van der Waals surface area contributed by atoms with Crippen molar-refractivity contribution in [2.45, 2.75) is 18.7 Å². The predicted molar refractivity (Wildman–Crippen MR) is 98.7 cm³/mol. The Hall–Kier alpha value is -2.73. The molecule has 0 fully saturated rings. The molecule has 1 aromatic heterocycles. The Bertz CT molecular complexity index is 933. The Morgan fingerprint density at radius 3 is 2.44 bits per heavy atom. The fourth-order valence-corrected chi connectivity index (χ4v) is 3.37. The van der Waals surface area contributed by atoms with Gasteiger partial charge in [0.25, 0.3) is 5.91 Å². The molecule has 0 bridgehead atoms. The number of hydrazine groups is 1. The van der Waals surface area contributed by atoms with Gasteiger partial charge < -0.3 is 4.42 Å². The van der Waals surface area contributed by atoms with Crippen LogP contribution in [0.1, 0.15) is 33.4 Å². The highest BCUT2D eigenvalue weighted by Gasteiger charge is 2.18. The van der Waals surface area contributed by atoms with E-state index in [9.17, 15) is 9.59 Å². The largest absolute Gasteiger partial charge is 0.451 e. The van der Waals surface area contributed by atoms with Gasteiger partial charge in [-0.2, -0.15) is 0 Å². The zero-order valence-electron chi connectivity index (χ0n) is 14.0. The molecule has 128 valence electrons. The molecule has 0 aliphatic heterocycles. The molecular formula is C19H18N2O3S. The number of nitrogens with one attached hydrogen (secondary N) is 2. The number of hydrogen-bond acceptors (Lipinski definition) is 4. The fraction of sp³-hybridized carbons (Fsp3) is 0.158. The van der Waals surface area contributed by atoms with E-state index in [4.69, 9.17) is 4.42 Å². The zero-order chi connectivity index (χ0) is 17.8. The van der Waals surface area contributed by atoms with Gasteiger partial charge in [0.1, 0.15) is 5.58 Å². The van der Waals surface area contributed by atoms with Crippen molar-refractivity contribution in [1.29, 1.82) is 0 Å². The molecule has 3 rings (SSSR count). The van der Waals surface area contributed by atoms with E-state index in [1.807, 2.05) is 44.2 Å². The number of amides is 2. The maximum Gasteiger partial charge on any atom is 0.305 e. The zero-order valence-corrected chi connectivity index (χ0v) is 14.8. The number of hydrogen-bond donors (Lipinski definition) is 2. The van der Waals surface area contributed by atoms with E-state index in [0.29, 0.717) is 11.1 Å². The van der Waals surface area contributed by atoms with E-state index in [1.165, 1.54) is 0 Å². The predicted octanol–water partition coefficient (Wildman–Crippen LogP) is 3.93. The van der Waals surface area contributed by atoms with Crippen molar-refractivity contribution < 1.29 is 14.0 Å². The summed E-state index contributed by atoms with van der Waals surface area (Å²) in [6, 6.07) is 14.7. The van der Waals surface area contributed by atoms with Gasteiger partial charge in [-0.1, -0.05) is 37.3 Å². The molecule has 0 unspecified atom stereocenters. The van der Waals surface area contributed by atoms with E-state index in [0.717, 1.165) is 21.6 Å². The number of carbonyl (C=O) groups excluding carboxylic acids is 2. The minimum Gasteiger partial charge on any atom is -0.451 e. The van der Waals surface area contributed by atoms with Gasteiger partial charge in [-0.05, 0) is 30.9 Å². The molecule has 0 atom stereocenters. The van der Waals surface area contributed by atoms with Gasteiger partial charge in [-0.15, -0.1) is 11.8 Å². The van der Waals surface area contributed by atoms with Gasteiger partial charge in [0.2, 0.25) is 0 Å². The summed E-state index contributed by atoms with van der Waals surface area (Å²) in [6.07, 6.45) is 0. The molecule has 0 aliphatic carbocycles. The minimum atomic E-state index is -0.484. The summed E-state index contributed by atoms with van der Waals surface area (Å²) in [7, 11) is 0. The molecule has 6 heteroatoms. The Morgan fingerprint density at radius 2 is 1.68 bits per heavy atom. The van der Waals surface area contributed by atoms with Gasteiger partial charge >= 0.3 is 5.91 Å².